The molecule has 104 valence electrons. The van der Waals surface area contributed by atoms with Crippen molar-refractivity contribution < 1.29 is 14.3 Å². The van der Waals surface area contributed by atoms with E-state index < -0.39 is 0 Å². The van der Waals surface area contributed by atoms with Crippen molar-refractivity contribution in [3.8, 4) is 5.88 Å². The summed E-state index contributed by atoms with van der Waals surface area (Å²) in [6.45, 7) is 3.15. The van der Waals surface area contributed by atoms with Gasteiger partial charge < -0.3 is 14.8 Å². The summed E-state index contributed by atoms with van der Waals surface area (Å²) in [7, 11) is 2.98. The molecule has 5 nitrogen and oxygen atoms in total. The Morgan fingerprint density at radius 3 is 2.89 bits per heavy atom. The monoisotopic (exact) mass is 264 g/mol. The van der Waals surface area contributed by atoms with Crippen LogP contribution in [0.2, 0.25) is 0 Å². The van der Waals surface area contributed by atoms with Gasteiger partial charge >= 0.3 is 5.97 Å². The Labute approximate surface area is 113 Å². The van der Waals surface area contributed by atoms with Crippen LogP contribution in [-0.2, 0) is 16.1 Å². The number of methoxy groups -OCH3 is 2. The van der Waals surface area contributed by atoms with Crippen molar-refractivity contribution in [1.82, 2.24) is 10.3 Å². The molecular weight excluding hydrogens is 244 g/mol. The number of carbonyl (C=O) groups excluding carboxylic acids is 1. The molecule has 5 heteroatoms. The van der Waals surface area contributed by atoms with Gasteiger partial charge in [0.25, 0.3) is 0 Å². The van der Waals surface area contributed by atoms with Crippen LogP contribution < -0.4 is 10.1 Å². The third-order valence-electron chi connectivity index (χ3n) is 2.68. The van der Waals surface area contributed by atoms with Gasteiger partial charge in [-0.3, -0.25) is 0 Å². The van der Waals surface area contributed by atoms with Gasteiger partial charge in [0.2, 0.25) is 5.88 Å². The van der Waals surface area contributed by atoms with Gasteiger partial charge in [-0.25, -0.2) is 9.78 Å². The average Bonchev–Trinajstić information content (AvgIpc) is 2.47. The van der Waals surface area contributed by atoms with Crippen molar-refractivity contribution >= 4 is 5.97 Å². The highest BCUT2D eigenvalue weighted by atomic mass is 16.5. The lowest BCUT2D eigenvalue weighted by Gasteiger charge is -2.07. The maximum atomic E-state index is 11.4. The van der Waals surface area contributed by atoms with Crippen LogP contribution >= 0.6 is 0 Å². The first-order chi connectivity index (χ1) is 9.22. The van der Waals surface area contributed by atoms with Crippen molar-refractivity contribution in [3.05, 3.63) is 35.5 Å². The van der Waals surface area contributed by atoms with Crippen molar-refractivity contribution in [2.24, 2.45) is 0 Å². The van der Waals surface area contributed by atoms with Gasteiger partial charge in [-0.15, -0.1) is 0 Å². The third kappa shape index (κ3) is 4.71. The molecule has 0 unspecified atom stereocenters. The van der Waals surface area contributed by atoms with Gasteiger partial charge in [-0.1, -0.05) is 19.1 Å². The standard InChI is InChI=1S/C14H20N2O3/c1-4-11(14(17)19-3)7-9-15-10-12-6-5-8-16-13(12)18-2/h5-8,15H,4,9-10H2,1-3H3/b11-7-. The molecule has 0 amide bonds. The lowest BCUT2D eigenvalue weighted by Crippen LogP contribution is -2.15. The number of nitrogens with one attached hydrogen (secondary N) is 1. The molecular formula is C14H20N2O3. The van der Waals surface area contributed by atoms with E-state index in [0.717, 1.165) is 5.56 Å². The molecule has 0 spiro atoms. The van der Waals surface area contributed by atoms with E-state index in [1.807, 2.05) is 25.1 Å². The maximum Gasteiger partial charge on any atom is 0.333 e. The van der Waals surface area contributed by atoms with E-state index >= 15 is 0 Å². The van der Waals surface area contributed by atoms with Crippen LogP contribution in [0.25, 0.3) is 0 Å². The smallest absolute Gasteiger partial charge is 0.333 e. The summed E-state index contributed by atoms with van der Waals surface area (Å²) in [5, 5.41) is 3.22. The first-order valence-electron chi connectivity index (χ1n) is 6.18. The summed E-state index contributed by atoms with van der Waals surface area (Å²) in [6, 6.07) is 3.81. The minimum Gasteiger partial charge on any atom is -0.481 e. The summed E-state index contributed by atoms with van der Waals surface area (Å²) in [5.41, 5.74) is 1.66. The number of hydrogen-bond donors (Lipinski definition) is 1. The lowest BCUT2D eigenvalue weighted by molar-refractivity contribution is -0.136. The molecule has 0 saturated heterocycles. The molecule has 0 atom stereocenters. The third-order valence-corrected chi connectivity index (χ3v) is 2.68. The van der Waals surface area contributed by atoms with Crippen LogP contribution in [0.5, 0.6) is 5.88 Å². The highest BCUT2D eigenvalue weighted by molar-refractivity contribution is 5.88. The Morgan fingerprint density at radius 2 is 2.26 bits per heavy atom. The van der Waals surface area contributed by atoms with Gasteiger partial charge in [0.15, 0.2) is 0 Å². The van der Waals surface area contributed by atoms with Crippen molar-refractivity contribution in [2.45, 2.75) is 19.9 Å². The van der Waals surface area contributed by atoms with E-state index in [2.05, 4.69) is 10.3 Å². The number of pyridine rings is 1. The van der Waals surface area contributed by atoms with Gasteiger partial charge in [0, 0.05) is 30.4 Å². The van der Waals surface area contributed by atoms with Crippen LogP contribution in [0.3, 0.4) is 0 Å². The number of rotatable bonds is 7. The summed E-state index contributed by atoms with van der Waals surface area (Å²) < 4.78 is 9.85. The number of nitrogens with zero attached hydrogens (tertiary/aromatic N) is 1. The van der Waals surface area contributed by atoms with Gasteiger partial charge in [0.05, 0.1) is 14.2 Å². The van der Waals surface area contributed by atoms with Crippen LogP contribution in [0.1, 0.15) is 18.9 Å². The maximum absolute atomic E-state index is 11.4. The molecule has 1 rings (SSSR count). The Morgan fingerprint density at radius 1 is 1.47 bits per heavy atom. The van der Waals surface area contributed by atoms with Crippen LogP contribution in [0.4, 0.5) is 0 Å². The Kier molecular flexibility index (Phi) is 6.60. The lowest BCUT2D eigenvalue weighted by atomic mass is 10.2. The fraction of sp³-hybridized carbons (Fsp3) is 0.429. The van der Waals surface area contributed by atoms with E-state index in [0.29, 0.717) is 31.0 Å². The molecule has 1 N–H and O–H groups in total. The molecule has 0 aliphatic heterocycles. The Bertz CT molecular complexity index is 444. The Balaban J connectivity index is 2.50. The number of carbonyl (C=O) groups is 1. The number of esters is 1. The molecule has 0 aliphatic rings. The highest BCUT2D eigenvalue weighted by Crippen LogP contribution is 2.12. The summed E-state index contributed by atoms with van der Waals surface area (Å²) >= 11 is 0. The minimum absolute atomic E-state index is 0.275. The molecule has 0 aromatic carbocycles. The zero-order valence-electron chi connectivity index (χ0n) is 11.6. The molecule has 1 aromatic heterocycles. The zero-order chi connectivity index (χ0) is 14.1. The van der Waals surface area contributed by atoms with E-state index in [9.17, 15) is 4.79 Å². The van der Waals surface area contributed by atoms with Crippen LogP contribution in [-0.4, -0.2) is 31.7 Å². The topological polar surface area (TPSA) is 60.5 Å². The molecule has 0 bridgehead atoms. The molecule has 0 radical (unpaired) electrons. The highest BCUT2D eigenvalue weighted by Gasteiger charge is 2.06. The fourth-order valence-corrected chi connectivity index (χ4v) is 1.65. The Hall–Kier alpha value is -1.88. The minimum atomic E-state index is -0.275. The van der Waals surface area contributed by atoms with Crippen molar-refractivity contribution in [3.63, 3.8) is 0 Å². The van der Waals surface area contributed by atoms with Gasteiger partial charge in [-0.05, 0) is 12.5 Å². The van der Waals surface area contributed by atoms with Gasteiger partial charge in [0.1, 0.15) is 0 Å². The van der Waals surface area contributed by atoms with Crippen molar-refractivity contribution in [2.75, 3.05) is 20.8 Å². The van der Waals surface area contributed by atoms with E-state index in [-0.39, 0.29) is 5.97 Å². The van der Waals surface area contributed by atoms with Gasteiger partial charge in [-0.2, -0.15) is 0 Å². The summed E-state index contributed by atoms with van der Waals surface area (Å²) in [6.07, 6.45) is 4.19. The van der Waals surface area contributed by atoms with Crippen LogP contribution in [0.15, 0.2) is 30.0 Å². The second kappa shape index (κ2) is 8.26. The zero-order valence-corrected chi connectivity index (χ0v) is 11.6. The average molecular weight is 264 g/mol. The molecule has 1 aromatic rings. The first kappa shape index (κ1) is 15.2. The van der Waals surface area contributed by atoms with E-state index in [4.69, 9.17) is 9.47 Å². The van der Waals surface area contributed by atoms with E-state index in [1.54, 1.807) is 13.3 Å². The van der Waals surface area contributed by atoms with E-state index in [1.165, 1.54) is 7.11 Å². The number of hydrogen-bond acceptors (Lipinski definition) is 5. The molecule has 19 heavy (non-hydrogen) atoms. The first-order valence-corrected chi connectivity index (χ1v) is 6.18. The normalized spacial score (nSPS) is 11.2. The second-order valence-corrected chi connectivity index (χ2v) is 3.88. The fourth-order valence-electron chi connectivity index (χ4n) is 1.65. The molecule has 0 fully saturated rings. The van der Waals surface area contributed by atoms with Crippen LogP contribution in [0, 0.1) is 0 Å². The van der Waals surface area contributed by atoms with Crippen molar-refractivity contribution in [1.29, 1.82) is 0 Å². The summed E-state index contributed by atoms with van der Waals surface area (Å²) in [5.74, 6) is 0.339. The SMILES string of the molecule is CC/C(=C/CNCc1cccnc1OC)C(=O)OC. The largest absolute Gasteiger partial charge is 0.481 e. The summed E-state index contributed by atoms with van der Waals surface area (Å²) in [4.78, 5) is 15.5. The molecule has 0 saturated carbocycles. The number of aromatic nitrogens is 1. The molecule has 1 heterocycles. The molecule has 0 aliphatic carbocycles. The predicted octanol–water partition coefficient (Wildman–Crippen LogP) is 1.69. The quantitative estimate of drug-likeness (QED) is 0.461. The predicted molar refractivity (Wildman–Crippen MR) is 72.9 cm³/mol. The second-order valence-electron chi connectivity index (χ2n) is 3.88. The number of ether oxygens (including phenoxy) is 2.